The topological polar surface area (TPSA) is 56.0 Å². The number of pyridine rings is 1. The first kappa shape index (κ1) is 12.7. The van der Waals surface area contributed by atoms with Gasteiger partial charge in [-0.05, 0) is 38.1 Å². The van der Waals surface area contributed by atoms with E-state index in [9.17, 15) is 18.9 Å². The molecule has 0 bridgehead atoms. The Bertz CT molecular complexity index is 403. The van der Waals surface area contributed by atoms with Crippen LogP contribution in [0.5, 0.6) is 0 Å². The van der Waals surface area contributed by atoms with Gasteiger partial charge >= 0.3 is 5.82 Å². The molecule has 15 heavy (non-hydrogen) atoms. The molecule has 0 saturated heterocycles. The minimum absolute atomic E-state index is 0.133. The van der Waals surface area contributed by atoms with Gasteiger partial charge in [0.15, 0.2) is 6.20 Å². The van der Waals surface area contributed by atoms with Crippen molar-refractivity contribution in [2.24, 2.45) is 0 Å². The maximum Gasteiger partial charge on any atom is 0.372 e. The van der Waals surface area contributed by atoms with Crippen LogP contribution >= 0.6 is 38.5 Å². The molecule has 0 aliphatic heterocycles. The van der Waals surface area contributed by atoms with Crippen LogP contribution in [0.2, 0.25) is 0 Å². The molecule has 1 heterocycles. The van der Waals surface area contributed by atoms with Crippen molar-refractivity contribution < 1.29 is 13.7 Å². The van der Waals surface area contributed by atoms with E-state index < -0.39 is 22.7 Å². The number of aromatic nitrogens is 1. The van der Waals surface area contributed by atoms with Gasteiger partial charge < -0.3 is 10.1 Å². The van der Waals surface area contributed by atoms with Crippen molar-refractivity contribution in [2.75, 3.05) is 0 Å². The highest BCUT2D eigenvalue weighted by Gasteiger charge is 2.28. The van der Waals surface area contributed by atoms with E-state index in [-0.39, 0.29) is 10.9 Å². The summed E-state index contributed by atoms with van der Waals surface area (Å²) >= 11 is 4.83. The van der Waals surface area contributed by atoms with Crippen molar-refractivity contribution in [2.45, 2.75) is 11.8 Å². The Morgan fingerprint density at radius 3 is 2.67 bits per heavy atom. The van der Waals surface area contributed by atoms with E-state index in [4.69, 9.17) is 0 Å². The van der Waals surface area contributed by atoms with Crippen LogP contribution in [0.15, 0.2) is 6.20 Å². The van der Waals surface area contributed by atoms with Gasteiger partial charge in [-0.25, -0.2) is 8.78 Å². The highest BCUT2D eigenvalue weighted by molar-refractivity contribution is 14.1. The molecule has 0 amide bonds. The third kappa shape index (κ3) is 2.60. The molecule has 0 radical (unpaired) electrons. The fourth-order valence-corrected chi connectivity index (χ4v) is 2.79. The Balaban J connectivity index is 3.49. The lowest BCUT2D eigenvalue weighted by Gasteiger charge is -2.07. The molecule has 0 aliphatic rings. The molecule has 0 fully saturated rings. The van der Waals surface area contributed by atoms with Gasteiger partial charge in [0.05, 0.1) is 3.57 Å². The second kappa shape index (κ2) is 5.10. The molecule has 0 saturated carbocycles. The predicted octanol–water partition coefficient (Wildman–Crippen LogP) is 3.43. The van der Waals surface area contributed by atoms with Gasteiger partial charge in [-0.2, -0.15) is 0 Å². The van der Waals surface area contributed by atoms with Crippen molar-refractivity contribution >= 4 is 44.3 Å². The predicted molar refractivity (Wildman–Crippen MR) is 61.2 cm³/mol. The summed E-state index contributed by atoms with van der Waals surface area (Å²) < 4.78 is 25.8. The molecule has 8 heteroatoms. The molecule has 82 valence electrons. The molecule has 0 aliphatic carbocycles. The average Bonchev–Trinajstić information content (AvgIpc) is 2.16. The van der Waals surface area contributed by atoms with E-state index in [1.165, 1.54) is 6.20 Å². The molecule has 4 nitrogen and oxygen atoms in total. The van der Waals surface area contributed by atoms with Gasteiger partial charge in [-0.15, -0.1) is 0 Å². The summed E-state index contributed by atoms with van der Waals surface area (Å²) in [7, 11) is 0. The minimum atomic E-state index is -2.90. The molecule has 1 aromatic rings. The van der Waals surface area contributed by atoms with Gasteiger partial charge in [-0.1, -0.05) is 15.9 Å². The van der Waals surface area contributed by atoms with Gasteiger partial charge in [-0.3, -0.25) is 0 Å². The average molecular weight is 393 g/mol. The zero-order chi connectivity index (χ0) is 11.6. The van der Waals surface area contributed by atoms with Gasteiger partial charge in [0.25, 0.3) is 6.43 Å². The first-order valence-electron chi connectivity index (χ1n) is 3.64. The van der Waals surface area contributed by atoms with Crippen molar-refractivity contribution in [1.82, 2.24) is 4.98 Å². The van der Waals surface area contributed by atoms with Crippen LogP contribution in [0.1, 0.15) is 17.6 Å². The lowest BCUT2D eigenvalue weighted by molar-refractivity contribution is -0.391. The van der Waals surface area contributed by atoms with E-state index >= 15 is 0 Å². The van der Waals surface area contributed by atoms with Crippen LogP contribution in [0.25, 0.3) is 0 Å². The third-order valence-electron chi connectivity index (χ3n) is 1.68. The lowest BCUT2D eigenvalue weighted by atomic mass is 10.1. The highest BCUT2D eigenvalue weighted by Crippen LogP contribution is 2.33. The molecule has 0 atom stereocenters. The second-order valence-corrected chi connectivity index (χ2v) is 4.24. The quantitative estimate of drug-likeness (QED) is 0.343. The number of hydrogen-bond acceptors (Lipinski definition) is 3. The summed E-state index contributed by atoms with van der Waals surface area (Å²) in [5.41, 5.74) is -0.393. The van der Waals surface area contributed by atoms with E-state index in [1.807, 2.05) is 22.6 Å². The van der Waals surface area contributed by atoms with Crippen LogP contribution in [0.3, 0.4) is 0 Å². The van der Waals surface area contributed by atoms with Gasteiger partial charge in [0.1, 0.15) is 5.56 Å². The fourth-order valence-electron chi connectivity index (χ4n) is 1.04. The first-order valence-corrected chi connectivity index (χ1v) is 5.84. The van der Waals surface area contributed by atoms with Crippen LogP contribution in [0, 0.1) is 13.7 Å². The SMILES string of the molecule is O=[N+]([O-])c1ncc(I)c(CBr)c1C(F)F. The summed E-state index contributed by atoms with van der Waals surface area (Å²) in [6, 6.07) is 0. The molecular weight excluding hydrogens is 389 g/mol. The normalized spacial score (nSPS) is 10.7. The fraction of sp³-hybridized carbons (Fsp3) is 0.286. The smallest absolute Gasteiger partial charge is 0.358 e. The third-order valence-corrected chi connectivity index (χ3v) is 3.17. The van der Waals surface area contributed by atoms with Gasteiger partial charge in [0.2, 0.25) is 0 Å². The maximum atomic E-state index is 12.6. The zero-order valence-electron chi connectivity index (χ0n) is 7.08. The summed E-state index contributed by atoms with van der Waals surface area (Å²) in [6.07, 6.45) is -1.69. The molecule has 0 unspecified atom stereocenters. The van der Waals surface area contributed by atoms with E-state index in [0.29, 0.717) is 3.57 Å². The Labute approximate surface area is 105 Å². The van der Waals surface area contributed by atoms with Gasteiger partial charge in [0, 0.05) is 5.33 Å². The summed E-state index contributed by atoms with van der Waals surface area (Å²) in [4.78, 5) is 13.0. The van der Waals surface area contributed by atoms with E-state index in [2.05, 4.69) is 20.9 Å². The monoisotopic (exact) mass is 392 g/mol. The number of alkyl halides is 3. The van der Waals surface area contributed by atoms with Crippen LogP contribution in [-0.2, 0) is 5.33 Å². The summed E-state index contributed by atoms with van der Waals surface area (Å²) in [5, 5.41) is 10.6. The maximum absolute atomic E-state index is 12.6. The molecule has 0 spiro atoms. The van der Waals surface area contributed by atoms with E-state index in [0.717, 1.165) is 0 Å². The van der Waals surface area contributed by atoms with Crippen LogP contribution in [-0.4, -0.2) is 9.91 Å². The van der Waals surface area contributed by atoms with Crippen molar-refractivity contribution in [3.63, 3.8) is 0 Å². The number of rotatable bonds is 3. The Kier molecular flexibility index (Phi) is 4.32. The summed E-state index contributed by atoms with van der Waals surface area (Å²) in [5.74, 6) is -0.778. The number of nitro groups is 1. The largest absolute Gasteiger partial charge is 0.372 e. The molecule has 1 rings (SSSR count). The van der Waals surface area contributed by atoms with Crippen molar-refractivity contribution in [3.8, 4) is 0 Å². The minimum Gasteiger partial charge on any atom is -0.358 e. The Morgan fingerprint density at radius 1 is 1.67 bits per heavy atom. The lowest BCUT2D eigenvalue weighted by Crippen LogP contribution is -2.04. The Hall–Kier alpha value is -0.380. The standard InChI is InChI=1S/C7H4BrF2IN2O2/c8-1-3-4(11)2-12-7(13(14)15)5(3)6(9)10/h2,6H,1H2. The molecule has 1 aromatic heterocycles. The molecular formula is C7H4BrF2IN2O2. The number of nitrogens with zero attached hydrogens (tertiary/aromatic N) is 2. The van der Waals surface area contributed by atoms with Crippen molar-refractivity contribution in [1.29, 1.82) is 0 Å². The molecule has 0 aromatic carbocycles. The van der Waals surface area contributed by atoms with Crippen molar-refractivity contribution in [3.05, 3.63) is 31.0 Å². The number of hydrogen-bond donors (Lipinski definition) is 0. The van der Waals surface area contributed by atoms with Crippen LogP contribution in [0.4, 0.5) is 14.6 Å². The number of halogens is 4. The first-order chi connectivity index (χ1) is 6.99. The zero-order valence-corrected chi connectivity index (χ0v) is 10.8. The van der Waals surface area contributed by atoms with E-state index in [1.54, 1.807) is 0 Å². The van der Waals surface area contributed by atoms with Crippen LogP contribution < -0.4 is 0 Å². The second-order valence-electron chi connectivity index (χ2n) is 2.51. The highest BCUT2D eigenvalue weighted by atomic mass is 127. The summed E-state index contributed by atoms with van der Waals surface area (Å²) in [6.45, 7) is 0. The molecule has 0 N–H and O–H groups in total. The Morgan fingerprint density at radius 2 is 2.27 bits per heavy atom.